The molecule has 0 bridgehead atoms. The van der Waals surface area contributed by atoms with E-state index in [1.165, 1.54) is 37.4 Å². The average molecular weight is 317 g/mol. The molecule has 0 spiro atoms. The van der Waals surface area contributed by atoms with E-state index in [1.807, 2.05) is 0 Å². The van der Waals surface area contributed by atoms with E-state index in [2.05, 4.69) is 10.2 Å². The van der Waals surface area contributed by atoms with Crippen LogP contribution in [0.1, 0.15) is 10.4 Å². The SMILES string of the molecule is COc1ccc([N+](=O)[O-])cc1N=Nc1ccc(O)c(C(=O)O)c1. The zero-order valence-electron chi connectivity index (χ0n) is 11.8. The number of azo groups is 1. The molecular weight excluding hydrogens is 306 g/mol. The van der Waals surface area contributed by atoms with Crippen molar-refractivity contribution in [2.24, 2.45) is 10.2 Å². The third-order valence-corrected chi connectivity index (χ3v) is 2.86. The van der Waals surface area contributed by atoms with Gasteiger partial charge in [-0.25, -0.2) is 4.79 Å². The lowest BCUT2D eigenvalue weighted by atomic mass is 10.2. The third kappa shape index (κ3) is 3.59. The summed E-state index contributed by atoms with van der Waals surface area (Å²) in [7, 11) is 1.38. The molecule has 0 heterocycles. The highest BCUT2D eigenvalue weighted by Gasteiger charge is 2.12. The van der Waals surface area contributed by atoms with Crippen molar-refractivity contribution in [1.82, 2.24) is 0 Å². The van der Waals surface area contributed by atoms with E-state index in [-0.39, 0.29) is 28.4 Å². The van der Waals surface area contributed by atoms with E-state index in [0.717, 1.165) is 6.07 Å². The molecule has 9 nitrogen and oxygen atoms in total. The summed E-state index contributed by atoms with van der Waals surface area (Å²) in [6.07, 6.45) is 0. The second-order valence-electron chi connectivity index (χ2n) is 4.32. The Morgan fingerprint density at radius 2 is 1.96 bits per heavy atom. The Balaban J connectivity index is 2.40. The fourth-order valence-corrected chi connectivity index (χ4v) is 1.74. The Kier molecular flexibility index (Phi) is 4.50. The normalized spacial score (nSPS) is 10.7. The van der Waals surface area contributed by atoms with Gasteiger partial charge in [0.25, 0.3) is 5.69 Å². The van der Waals surface area contributed by atoms with Gasteiger partial charge in [-0.1, -0.05) is 0 Å². The quantitative estimate of drug-likeness (QED) is 0.492. The number of aromatic carboxylic acids is 1. The molecule has 0 atom stereocenters. The number of non-ortho nitro benzene ring substituents is 1. The van der Waals surface area contributed by atoms with Crippen molar-refractivity contribution in [1.29, 1.82) is 0 Å². The summed E-state index contributed by atoms with van der Waals surface area (Å²) in [5, 5.41) is 36.8. The van der Waals surface area contributed by atoms with Gasteiger partial charge in [0, 0.05) is 12.1 Å². The largest absolute Gasteiger partial charge is 0.507 e. The zero-order valence-corrected chi connectivity index (χ0v) is 11.8. The summed E-state index contributed by atoms with van der Waals surface area (Å²) < 4.78 is 5.04. The van der Waals surface area contributed by atoms with Crippen LogP contribution in [0.2, 0.25) is 0 Å². The lowest BCUT2D eigenvalue weighted by Crippen LogP contribution is -1.95. The molecule has 9 heteroatoms. The minimum Gasteiger partial charge on any atom is -0.507 e. The maximum absolute atomic E-state index is 10.9. The first-order chi connectivity index (χ1) is 10.9. The molecule has 0 saturated heterocycles. The van der Waals surface area contributed by atoms with Gasteiger partial charge in [-0.2, -0.15) is 5.11 Å². The molecule has 118 valence electrons. The number of carboxylic acid groups (broad SMARTS) is 1. The number of nitrogens with zero attached hydrogens (tertiary/aromatic N) is 3. The molecule has 0 amide bonds. The zero-order chi connectivity index (χ0) is 17.0. The number of hydrogen-bond acceptors (Lipinski definition) is 7. The summed E-state index contributed by atoms with van der Waals surface area (Å²) in [5.74, 6) is -1.44. The van der Waals surface area contributed by atoms with Crippen molar-refractivity contribution in [3.8, 4) is 11.5 Å². The maximum Gasteiger partial charge on any atom is 0.339 e. The molecule has 0 unspecified atom stereocenters. The molecule has 0 aliphatic rings. The molecule has 0 radical (unpaired) electrons. The average Bonchev–Trinajstić information content (AvgIpc) is 2.53. The van der Waals surface area contributed by atoms with Crippen LogP contribution in [0.15, 0.2) is 46.6 Å². The molecule has 2 rings (SSSR count). The molecule has 0 aromatic heterocycles. The van der Waals surface area contributed by atoms with Crippen molar-refractivity contribution in [2.75, 3.05) is 7.11 Å². The van der Waals surface area contributed by atoms with Crippen molar-refractivity contribution in [3.63, 3.8) is 0 Å². The number of carbonyl (C=O) groups is 1. The van der Waals surface area contributed by atoms with Gasteiger partial charge in [-0.3, -0.25) is 10.1 Å². The second-order valence-corrected chi connectivity index (χ2v) is 4.32. The summed E-state index contributed by atoms with van der Waals surface area (Å²) in [5.41, 5.74) is -0.232. The van der Waals surface area contributed by atoms with Crippen LogP contribution in [0.3, 0.4) is 0 Å². The number of nitro benzene ring substituents is 1. The van der Waals surface area contributed by atoms with Gasteiger partial charge >= 0.3 is 5.97 Å². The molecule has 2 aromatic carbocycles. The van der Waals surface area contributed by atoms with Gasteiger partial charge in [0.2, 0.25) is 0 Å². The molecule has 0 aliphatic carbocycles. The highest BCUT2D eigenvalue weighted by molar-refractivity contribution is 5.91. The van der Waals surface area contributed by atoms with Crippen molar-refractivity contribution in [2.45, 2.75) is 0 Å². The van der Waals surface area contributed by atoms with E-state index >= 15 is 0 Å². The van der Waals surface area contributed by atoms with Crippen molar-refractivity contribution in [3.05, 3.63) is 52.1 Å². The smallest absolute Gasteiger partial charge is 0.339 e. The van der Waals surface area contributed by atoms with Crippen molar-refractivity contribution >= 4 is 23.0 Å². The van der Waals surface area contributed by atoms with Crippen molar-refractivity contribution < 1.29 is 24.7 Å². The number of rotatable bonds is 5. The number of ether oxygens (including phenoxy) is 1. The van der Waals surface area contributed by atoms with Gasteiger partial charge < -0.3 is 14.9 Å². The van der Waals surface area contributed by atoms with Gasteiger partial charge in [-0.05, 0) is 24.3 Å². The summed E-state index contributed by atoms with van der Waals surface area (Å²) in [6, 6.07) is 7.48. The third-order valence-electron chi connectivity index (χ3n) is 2.86. The van der Waals surface area contributed by atoms with Crippen LogP contribution in [0.25, 0.3) is 0 Å². The summed E-state index contributed by atoms with van der Waals surface area (Å²) >= 11 is 0. The molecule has 0 fully saturated rings. The first-order valence-corrected chi connectivity index (χ1v) is 6.23. The second kappa shape index (κ2) is 6.52. The number of nitro groups is 1. The highest BCUT2D eigenvalue weighted by atomic mass is 16.6. The Labute approximate surface area is 129 Å². The lowest BCUT2D eigenvalue weighted by Gasteiger charge is -2.03. The van der Waals surface area contributed by atoms with E-state index in [9.17, 15) is 20.0 Å². The van der Waals surface area contributed by atoms with Crippen LogP contribution in [-0.4, -0.2) is 28.2 Å². The molecular formula is C14H11N3O6. The Bertz CT molecular complexity index is 803. The predicted molar refractivity (Wildman–Crippen MR) is 78.9 cm³/mol. The molecule has 2 aromatic rings. The number of carboxylic acids is 1. The van der Waals surface area contributed by atoms with E-state index < -0.39 is 16.6 Å². The minimum atomic E-state index is -1.31. The van der Waals surface area contributed by atoms with Gasteiger partial charge in [0.15, 0.2) is 0 Å². The number of benzene rings is 2. The Hall–Kier alpha value is -3.49. The van der Waals surface area contributed by atoms with Gasteiger partial charge in [-0.15, -0.1) is 5.11 Å². The number of aromatic hydroxyl groups is 1. The fourth-order valence-electron chi connectivity index (χ4n) is 1.74. The maximum atomic E-state index is 10.9. The van der Waals surface area contributed by atoms with Gasteiger partial charge in [0.1, 0.15) is 22.7 Å². The van der Waals surface area contributed by atoms with Crippen LogP contribution in [0, 0.1) is 10.1 Å². The fraction of sp³-hybridized carbons (Fsp3) is 0.0714. The first-order valence-electron chi connectivity index (χ1n) is 6.23. The van der Waals surface area contributed by atoms with Crippen LogP contribution in [0.5, 0.6) is 11.5 Å². The van der Waals surface area contributed by atoms with Crippen LogP contribution >= 0.6 is 0 Å². The number of hydrogen-bond donors (Lipinski definition) is 2. The number of methoxy groups -OCH3 is 1. The Morgan fingerprint density at radius 1 is 1.22 bits per heavy atom. The predicted octanol–water partition coefficient (Wildman–Crippen LogP) is 3.42. The summed E-state index contributed by atoms with van der Waals surface area (Å²) in [4.78, 5) is 21.1. The molecule has 23 heavy (non-hydrogen) atoms. The monoisotopic (exact) mass is 317 g/mol. The summed E-state index contributed by atoms with van der Waals surface area (Å²) in [6.45, 7) is 0. The number of phenols is 1. The van der Waals surface area contributed by atoms with Gasteiger partial charge in [0.05, 0.1) is 17.7 Å². The van der Waals surface area contributed by atoms with Crippen LogP contribution in [-0.2, 0) is 0 Å². The van der Waals surface area contributed by atoms with Crippen LogP contribution in [0.4, 0.5) is 17.1 Å². The van der Waals surface area contributed by atoms with E-state index in [0.29, 0.717) is 0 Å². The first kappa shape index (κ1) is 15.9. The Morgan fingerprint density at radius 3 is 2.57 bits per heavy atom. The molecule has 2 N–H and O–H groups in total. The highest BCUT2D eigenvalue weighted by Crippen LogP contribution is 2.33. The van der Waals surface area contributed by atoms with E-state index in [1.54, 1.807) is 0 Å². The van der Waals surface area contributed by atoms with E-state index in [4.69, 9.17) is 9.84 Å². The minimum absolute atomic E-state index is 0.117. The van der Waals surface area contributed by atoms with Crippen LogP contribution < -0.4 is 4.74 Å². The lowest BCUT2D eigenvalue weighted by molar-refractivity contribution is -0.384. The molecule has 0 aliphatic heterocycles. The topological polar surface area (TPSA) is 135 Å². The molecule has 0 saturated carbocycles. The standard InChI is InChI=1S/C14H11N3O6/c1-23-13-5-3-9(17(21)22)7-11(13)16-15-8-2-4-12(18)10(6-8)14(19)20/h2-7,18H,1H3,(H,19,20).